The summed E-state index contributed by atoms with van der Waals surface area (Å²) in [5, 5.41) is 2.68. The van der Waals surface area contributed by atoms with Crippen molar-refractivity contribution in [2.24, 2.45) is 0 Å². The minimum atomic E-state index is 0.928. The molecule has 0 fully saturated rings. The van der Waals surface area contributed by atoms with Crippen LogP contribution in [0.5, 0.6) is 0 Å². The molecule has 0 spiro atoms. The molecule has 0 saturated heterocycles. The van der Waals surface area contributed by atoms with E-state index in [1.807, 2.05) is 0 Å². The van der Waals surface area contributed by atoms with Gasteiger partial charge in [-0.2, -0.15) is 0 Å². The summed E-state index contributed by atoms with van der Waals surface area (Å²) in [5.74, 6) is 0. The van der Waals surface area contributed by atoms with Crippen LogP contribution in [0.2, 0.25) is 0 Å². The Kier molecular flexibility index (Phi) is 4.36. The van der Waals surface area contributed by atoms with Crippen LogP contribution >= 0.6 is 0 Å². The van der Waals surface area contributed by atoms with Crippen molar-refractivity contribution in [2.45, 2.75) is 33.7 Å². The van der Waals surface area contributed by atoms with Crippen LogP contribution in [0.25, 0.3) is 44.1 Å². The van der Waals surface area contributed by atoms with Gasteiger partial charge in [0.05, 0.1) is 11.2 Å². The lowest BCUT2D eigenvalue weighted by Crippen LogP contribution is -2.17. The highest BCUT2D eigenvalue weighted by Gasteiger charge is 2.25. The summed E-state index contributed by atoms with van der Waals surface area (Å²) in [6.45, 7) is 8.63. The van der Waals surface area contributed by atoms with Crippen LogP contribution in [0.1, 0.15) is 26.3 Å². The highest BCUT2D eigenvalue weighted by molar-refractivity contribution is 6.13. The summed E-state index contributed by atoms with van der Waals surface area (Å²) in [7, 11) is 0. The van der Waals surface area contributed by atoms with Crippen LogP contribution in [-0.4, -0.2) is 11.1 Å². The number of aromatic nitrogens is 1. The van der Waals surface area contributed by atoms with Gasteiger partial charge >= 0.3 is 0 Å². The first-order valence-electron chi connectivity index (χ1n) is 11.8. The van der Waals surface area contributed by atoms with Gasteiger partial charge in [0, 0.05) is 46.2 Å². The van der Waals surface area contributed by atoms with E-state index in [0.717, 1.165) is 19.5 Å². The maximum atomic E-state index is 2.50. The molecular weight excluding hydrogens is 388 g/mol. The highest BCUT2D eigenvalue weighted by atomic mass is 15.1. The van der Waals surface area contributed by atoms with Gasteiger partial charge in [-0.3, -0.25) is 0 Å². The summed E-state index contributed by atoms with van der Waals surface area (Å²) >= 11 is 0. The summed E-state index contributed by atoms with van der Waals surface area (Å²) in [5.41, 5.74) is 11.9. The van der Waals surface area contributed by atoms with Crippen molar-refractivity contribution < 1.29 is 0 Å². The second-order valence-corrected chi connectivity index (χ2v) is 8.64. The van der Waals surface area contributed by atoms with Crippen molar-refractivity contribution in [1.82, 2.24) is 4.57 Å². The zero-order valence-corrected chi connectivity index (χ0v) is 19.0. The molecule has 6 rings (SSSR count). The second kappa shape index (κ2) is 7.27. The number of hydrogen-bond donors (Lipinski definition) is 0. The van der Waals surface area contributed by atoms with E-state index in [1.165, 1.54) is 61.0 Å². The van der Waals surface area contributed by atoms with E-state index >= 15 is 0 Å². The number of benzene rings is 4. The largest absolute Gasteiger partial charge is 0.341 e. The topological polar surface area (TPSA) is 8.17 Å². The van der Waals surface area contributed by atoms with Gasteiger partial charge in [0.1, 0.15) is 0 Å². The van der Waals surface area contributed by atoms with Crippen molar-refractivity contribution in [3.63, 3.8) is 0 Å². The zero-order valence-electron chi connectivity index (χ0n) is 19.0. The summed E-state index contributed by atoms with van der Waals surface area (Å²) in [6, 6.07) is 29.6. The Morgan fingerprint density at radius 3 is 2.00 bits per heavy atom. The van der Waals surface area contributed by atoms with E-state index in [9.17, 15) is 0 Å². The molecule has 2 heteroatoms. The first-order chi connectivity index (χ1) is 15.7. The van der Waals surface area contributed by atoms with E-state index in [4.69, 9.17) is 0 Å². The Hall–Kier alpha value is -3.52. The number of aryl methyl sites for hydroxylation is 2. The number of anilines is 2. The Morgan fingerprint density at radius 2 is 1.28 bits per heavy atom. The molecule has 4 aromatic carbocycles. The molecular formula is C30H28N2. The molecule has 0 radical (unpaired) electrons. The van der Waals surface area contributed by atoms with Gasteiger partial charge in [-0.25, -0.2) is 0 Å². The average molecular weight is 417 g/mol. The summed E-state index contributed by atoms with van der Waals surface area (Å²) in [6.07, 6.45) is 1.05. The Bertz CT molecular complexity index is 1490. The zero-order chi connectivity index (χ0) is 21.8. The Labute approximate surface area is 189 Å². The Morgan fingerprint density at radius 1 is 0.562 bits per heavy atom. The summed E-state index contributed by atoms with van der Waals surface area (Å²) in [4.78, 5) is 2.50. The van der Waals surface area contributed by atoms with Gasteiger partial charge in [0.15, 0.2) is 0 Å². The van der Waals surface area contributed by atoms with Crippen LogP contribution in [0.15, 0.2) is 78.9 Å². The molecule has 0 N–H and O–H groups in total. The molecule has 158 valence electrons. The molecule has 0 saturated carbocycles. The number of rotatable bonds is 3. The van der Waals surface area contributed by atoms with Crippen LogP contribution < -0.4 is 4.90 Å². The molecule has 0 amide bonds. The molecule has 0 aliphatic carbocycles. The lowest BCUT2D eigenvalue weighted by molar-refractivity contribution is 0.827. The van der Waals surface area contributed by atoms with E-state index in [-0.39, 0.29) is 0 Å². The molecule has 2 nitrogen and oxygen atoms in total. The predicted molar refractivity (Wildman–Crippen MR) is 138 cm³/mol. The molecule has 0 unspecified atom stereocenters. The van der Waals surface area contributed by atoms with Crippen molar-refractivity contribution in [2.75, 3.05) is 11.4 Å². The van der Waals surface area contributed by atoms with Gasteiger partial charge in [0.2, 0.25) is 0 Å². The maximum Gasteiger partial charge on any atom is 0.0512 e. The maximum absolute atomic E-state index is 2.50. The summed E-state index contributed by atoms with van der Waals surface area (Å²) < 4.78 is 2.46. The van der Waals surface area contributed by atoms with Gasteiger partial charge in [-0.1, -0.05) is 55.5 Å². The first-order valence-corrected chi connectivity index (χ1v) is 11.8. The molecule has 0 atom stereocenters. The van der Waals surface area contributed by atoms with Crippen LogP contribution in [0, 0.1) is 0 Å². The van der Waals surface area contributed by atoms with Crippen molar-refractivity contribution in [3.8, 4) is 22.3 Å². The van der Waals surface area contributed by atoms with Gasteiger partial charge in [0.25, 0.3) is 0 Å². The van der Waals surface area contributed by atoms with Crippen molar-refractivity contribution in [3.05, 3.63) is 84.4 Å². The normalized spacial score (nSPS) is 12.5. The van der Waals surface area contributed by atoms with Gasteiger partial charge < -0.3 is 9.47 Å². The number of nitrogens with zero attached hydrogens (tertiary/aromatic N) is 2. The fourth-order valence-corrected chi connectivity index (χ4v) is 5.54. The number of para-hydroxylation sites is 1. The second-order valence-electron chi connectivity index (χ2n) is 8.64. The smallest absolute Gasteiger partial charge is 0.0512 e. The lowest BCUT2D eigenvalue weighted by Gasteiger charge is -2.26. The predicted octanol–water partition coefficient (Wildman–Crippen LogP) is 8.18. The lowest BCUT2D eigenvalue weighted by atomic mass is 9.93. The van der Waals surface area contributed by atoms with Crippen LogP contribution in [-0.2, 0) is 13.0 Å². The molecule has 32 heavy (non-hydrogen) atoms. The molecule has 5 aromatic rings. The minimum Gasteiger partial charge on any atom is -0.341 e. The third-order valence-corrected chi connectivity index (χ3v) is 7.08. The van der Waals surface area contributed by atoms with Crippen molar-refractivity contribution in [1.29, 1.82) is 0 Å². The number of hydrogen-bond acceptors (Lipinski definition) is 1. The number of fused-ring (bicyclic) bond motifs is 8. The average Bonchev–Trinajstić information content (AvgIpc) is 3.10. The van der Waals surface area contributed by atoms with E-state index in [0.29, 0.717) is 0 Å². The highest BCUT2D eigenvalue weighted by Crippen LogP contribution is 2.49. The van der Waals surface area contributed by atoms with E-state index in [2.05, 4.69) is 109 Å². The quantitative estimate of drug-likeness (QED) is 0.288. The molecule has 1 aliphatic heterocycles. The fraction of sp³-hybridized carbons (Fsp3) is 0.200. The monoisotopic (exact) mass is 416 g/mol. The van der Waals surface area contributed by atoms with Gasteiger partial charge in [-0.05, 0) is 67.3 Å². The fourth-order valence-electron chi connectivity index (χ4n) is 5.54. The SMILES string of the molecule is CCc1ccc2c(c1)-c1ccccc1-c1cc3c4ccccc4n(CC)c3cc1N2CC. The van der Waals surface area contributed by atoms with E-state index < -0.39 is 0 Å². The Balaban J connectivity index is 1.77. The first kappa shape index (κ1) is 19.2. The van der Waals surface area contributed by atoms with Crippen molar-refractivity contribution >= 4 is 33.2 Å². The molecule has 1 aliphatic rings. The van der Waals surface area contributed by atoms with Crippen LogP contribution in [0.4, 0.5) is 11.4 Å². The molecule has 2 heterocycles. The third-order valence-electron chi connectivity index (χ3n) is 7.08. The van der Waals surface area contributed by atoms with Gasteiger partial charge in [-0.15, -0.1) is 0 Å². The van der Waals surface area contributed by atoms with Crippen LogP contribution in [0.3, 0.4) is 0 Å². The third kappa shape index (κ3) is 2.59. The minimum absolute atomic E-state index is 0.928. The molecule has 0 bridgehead atoms. The standard InChI is InChI=1S/C30H28N2/c1-4-20-15-16-28-24(17-20)21-11-7-8-12-22(21)25-18-26-23-13-9-10-14-27(23)31(5-2)30(26)19-29(25)32(28)6-3/h7-19H,4-6H2,1-3H3. The molecule has 1 aromatic heterocycles. The van der Waals surface area contributed by atoms with E-state index in [1.54, 1.807) is 0 Å².